The van der Waals surface area contributed by atoms with E-state index < -0.39 is 0 Å². The molecule has 2 aromatic rings. The second kappa shape index (κ2) is 6.08. The number of hydrogen-bond donors (Lipinski definition) is 1. The van der Waals surface area contributed by atoms with Gasteiger partial charge in [-0.2, -0.15) is 0 Å². The molecular formula is C16H14Br2ClN. The van der Waals surface area contributed by atoms with E-state index >= 15 is 0 Å². The average Bonchev–Trinajstić information content (AvgIpc) is 2.39. The molecule has 0 heterocycles. The predicted octanol–water partition coefficient (Wildman–Crippen LogP) is 6.22. The Bertz CT molecular complexity index is 606. The molecule has 0 spiro atoms. The Labute approximate surface area is 141 Å². The summed E-state index contributed by atoms with van der Waals surface area (Å²) in [5.41, 5.74) is 2.53. The van der Waals surface area contributed by atoms with Crippen LogP contribution in [0.2, 0.25) is 5.02 Å². The predicted molar refractivity (Wildman–Crippen MR) is 92.7 cm³/mol. The highest BCUT2D eigenvalue weighted by Gasteiger charge is 2.30. The molecule has 1 aliphatic rings. The van der Waals surface area contributed by atoms with E-state index in [0.717, 1.165) is 19.7 Å². The van der Waals surface area contributed by atoms with Crippen LogP contribution in [0.5, 0.6) is 0 Å². The fraction of sp³-hybridized carbons (Fsp3) is 0.250. The Hall–Kier alpha value is -0.510. The molecule has 0 bridgehead atoms. The van der Waals surface area contributed by atoms with Gasteiger partial charge in [0.15, 0.2) is 0 Å². The highest BCUT2D eigenvalue weighted by molar-refractivity contribution is 9.10. The minimum atomic E-state index is 0.542. The summed E-state index contributed by atoms with van der Waals surface area (Å²) in [7, 11) is 0. The van der Waals surface area contributed by atoms with Crippen LogP contribution < -0.4 is 5.32 Å². The van der Waals surface area contributed by atoms with Gasteiger partial charge in [0.25, 0.3) is 0 Å². The van der Waals surface area contributed by atoms with Crippen LogP contribution in [-0.4, -0.2) is 6.04 Å². The van der Waals surface area contributed by atoms with E-state index in [-0.39, 0.29) is 0 Å². The maximum atomic E-state index is 6.11. The molecule has 3 rings (SSSR count). The molecule has 1 fully saturated rings. The van der Waals surface area contributed by atoms with Crippen LogP contribution in [0.15, 0.2) is 51.4 Å². The van der Waals surface area contributed by atoms with Gasteiger partial charge in [-0.3, -0.25) is 0 Å². The lowest BCUT2D eigenvalue weighted by molar-refractivity contribution is 0.374. The highest BCUT2D eigenvalue weighted by Crippen LogP contribution is 2.39. The molecule has 4 heteroatoms. The van der Waals surface area contributed by atoms with Gasteiger partial charge in [-0.05, 0) is 70.6 Å². The third-order valence-corrected chi connectivity index (χ3v) is 5.53. The fourth-order valence-electron chi connectivity index (χ4n) is 2.56. The first-order valence-corrected chi connectivity index (χ1v) is 8.55. The molecule has 0 radical (unpaired) electrons. The van der Waals surface area contributed by atoms with Crippen LogP contribution in [-0.2, 0) is 0 Å². The van der Waals surface area contributed by atoms with Crippen LogP contribution in [0.25, 0.3) is 0 Å². The number of hydrogen-bond acceptors (Lipinski definition) is 1. The zero-order valence-electron chi connectivity index (χ0n) is 10.7. The standard InChI is InChI=1S/C16H14Br2ClN/c17-12-3-1-10(2-4-12)11-7-14(8-11)20-13-5-6-15(18)16(19)9-13/h1-6,9,11,14,20H,7-8H2. The van der Waals surface area contributed by atoms with Crippen molar-refractivity contribution >= 4 is 49.1 Å². The molecule has 20 heavy (non-hydrogen) atoms. The van der Waals surface area contributed by atoms with Crippen molar-refractivity contribution in [2.75, 3.05) is 5.32 Å². The molecule has 104 valence electrons. The number of benzene rings is 2. The number of nitrogens with one attached hydrogen (secondary N) is 1. The molecule has 0 unspecified atom stereocenters. The lowest BCUT2D eigenvalue weighted by Gasteiger charge is -2.37. The topological polar surface area (TPSA) is 12.0 Å². The first-order chi connectivity index (χ1) is 9.61. The van der Waals surface area contributed by atoms with Gasteiger partial charge in [0, 0.05) is 20.7 Å². The van der Waals surface area contributed by atoms with E-state index in [1.807, 2.05) is 12.1 Å². The normalized spacial score (nSPS) is 21.4. The van der Waals surface area contributed by atoms with Crippen molar-refractivity contribution < 1.29 is 0 Å². The molecule has 0 aliphatic heterocycles. The number of anilines is 1. The van der Waals surface area contributed by atoms with E-state index in [0.29, 0.717) is 12.0 Å². The van der Waals surface area contributed by atoms with Crippen molar-refractivity contribution in [3.8, 4) is 0 Å². The van der Waals surface area contributed by atoms with Crippen molar-refractivity contribution in [1.29, 1.82) is 0 Å². The molecule has 1 N–H and O–H groups in total. The Morgan fingerprint density at radius 1 is 1.00 bits per heavy atom. The molecule has 1 saturated carbocycles. The van der Waals surface area contributed by atoms with Crippen molar-refractivity contribution in [2.24, 2.45) is 0 Å². The van der Waals surface area contributed by atoms with E-state index in [2.05, 4.69) is 67.5 Å². The Morgan fingerprint density at radius 2 is 1.70 bits per heavy atom. The van der Waals surface area contributed by atoms with Gasteiger partial charge in [-0.25, -0.2) is 0 Å². The zero-order chi connectivity index (χ0) is 14.1. The smallest absolute Gasteiger partial charge is 0.0568 e. The van der Waals surface area contributed by atoms with Crippen LogP contribution in [0.4, 0.5) is 5.69 Å². The van der Waals surface area contributed by atoms with Gasteiger partial charge in [0.2, 0.25) is 0 Å². The van der Waals surface area contributed by atoms with Gasteiger partial charge in [0.05, 0.1) is 5.02 Å². The molecule has 0 amide bonds. The quantitative estimate of drug-likeness (QED) is 0.627. The van der Waals surface area contributed by atoms with Crippen molar-refractivity contribution in [3.63, 3.8) is 0 Å². The van der Waals surface area contributed by atoms with E-state index in [1.165, 1.54) is 18.4 Å². The van der Waals surface area contributed by atoms with Crippen LogP contribution in [0, 0.1) is 0 Å². The molecule has 1 nitrogen and oxygen atoms in total. The first-order valence-electron chi connectivity index (χ1n) is 6.59. The van der Waals surface area contributed by atoms with Crippen molar-refractivity contribution in [1.82, 2.24) is 0 Å². The van der Waals surface area contributed by atoms with E-state index in [4.69, 9.17) is 11.6 Å². The highest BCUT2D eigenvalue weighted by atomic mass is 79.9. The summed E-state index contributed by atoms with van der Waals surface area (Å²) in [4.78, 5) is 0. The molecule has 2 aromatic carbocycles. The largest absolute Gasteiger partial charge is 0.382 e. The van der Waals surface area contributed by atoms with Crippen LogP contribution in [0.3, 0.4) is 0 Å². The van der Waals surface area contributed by atoms with Gasteiger partial charge in [0.1, 0.15) is 0 Å². The maximum Gasteiger partial charge on any atom is 0.0568 e. The van der Waals surface area contributed by atoms with Crippen LogP contribution in [0.1, 0.15) is 24.3 Å². The minimum Gasteiger partial charge on any atom is -0.382 e. The van der Waals surface area contributed by atoms with Crippen LogP contribution >= 0.6 is 43.5 Å². The third kappa shape index (κ3) is 3.21. The lowest BCUT2D eigenvalue weighted by atomic mass is 9.76. The average molecular weight is 416 g/mol. The Kier molecular flexibility index (Phi) is 4.39. The van der Waals surface area contributed by atoms with Crippen molar-refractivity contribution in [2.45, 2.75) is 24.8 Å². The van der Waals surface area contributed by atoms with E-state index in [9.17, 15) is 0 Å². The molecule has 0 aromatic heterocycles. The molecule has 0 atom stereocenters. The van der Waals surface area contributed by atoms with Crippen molar-refractivity contribution in [3.05, 3.63) is 62.0 Å². The third-order valence-electron chi connectivity index (χ3n) is 3.77. The Morgan fingerprint density at radius 3 is 2.35 bits per heavy atom. The lowest BCUT2D eigenvalue weighted by Crippen LogP contribution is -2.33. The minimum absolute atomic E-state index is 0.542. The molecule has 1 aliphatic carbocycles. The van der Waals surface area contributed by atoms with Gasteiger partial charge in [-0.15, -0.1) is 0 Å². The summed E-state index contributed by atoms with van der Waals surface area (Å²) < 4.78 is 2.07. The van der Waals surface area contributed by atoms with Gasteiger partial charge >= 0.3 is 0 Å². The zero-order valence-corrected chi connectivity index (χ0v) is 14.7. The number of rotatable bonds is 3. The summed E-state index contributed by atoms with van der Waals surface area (Å²) in [6, 6.07) is 15.2. The summed E-state index contributed by atoms with van der Waals surface area (Å²) >= 11 is 13.0. The summed E-state index contributed by atoms with van der Waals surface area (Å²) in [5, 5.41) is 4.29. The molecular weight excluding hydrogens is 401 g/mol. The second-order valence-electron chi connectivity index (χ2n) is 5.19. The van der Waals surface area contributed by atoms with Gasteiger partial charge in [-0.1, -0.05) is 39.7 Å². The Balaban J connectivity index is 1.58. The monoisotopic (exact) mass is 413 g/mol. The summed E-state index contributed by atoms with van der Waals surface area (Å²) in [5.74, 6) is 0.673. The SMILES string of the molecule is Clc1cc(NC2CC(c3ccc(Br)cc3)C2)ccc1Br. The maximum absolute atomic E-state index is 6.11. The van der Waals surface area contributed by atoms with E-state index in [1.54, 1.807) is 0 Å². The summed E-state index contributed by atoms with van der Waals surface area (Å²) in [6.45, 7) is 0. The molecule has 0 saturated heterocycles. The van der Waals surface area contributed by atoms with Gasteiger partial charge < -0.3 is 5.32 Å². The number of halogens is 3. The first kappa shape index (κ1) is 14.4. The fourth-order valence-corrected chi connectivity index (χ4v) is 3.26. The second-order valence-corrected chi connectivity index (χ2v) is 7.37. The summed E-state index contributed by atoms with van der Waals surface area (Å²) in [6.07, 6.45) is 2.35.